The van der Waals surface area contributed by atoms with E-state index in [2.05, 4.69) is 27.5 Å². The van der Waals surface area contributed by atoms with Crippen LogP contribution in [0.15, 0.2) is 55.3 Å². The maximum Gasteiger partial charge on any atom is 0.319 e. The van der Waals surface area contributed by atoms with Crippen LogP contribution in [-0.4, -0.2) is 23.5 Å². The number of urea groups is 1. The van der Waals surface area contributed by atoms with Crippen molar-refractivity contribution in [3.05, 3.63) is 66.5 Å². The molecule has 2 aromatic rings. The predicted molar refractivity (Wildman–Crippen MR) is 95.0 cm³/mol. The molecule has 0 unspecified atom stereocenters. The van der Waals surface area contributed by atoms with Crippen molar-refractivity contribution < 1.29 is 9.59 Å². The third-order valence-electron chi connectivity index (χ3n) is 3.17. The standard InChI is InChI=1S/C18H20N4O2/c1-3-10-19-18(24)22-16-8-6-15(7-9-16)21-17(23)11-14-5-4-13(2)20-12-14/h3-9,12H,1,10-11H2,2H3,(H,21,23)(H2,19,22,24). The molecule has 0 aliphatic carbocycles. The fourth-order valence-corrected chi connectivity index (χ4v) is 1.97. The van der Waals surface area contributed by atoms with Crippen LogP contribution in [0.1, 0.15) is 11.3 Å². The molecule has 0 spiro atoms. The fourth-order valence-electron chi connectivity index (χ4n) is 1.97. The second kappa shape index (κ2) is 8.47. The highest BCUT2D eigenvalue weighted by Crippen LogP contribution is 2.14. The minimum absolute atomic E-state index is 0.120. The van der Waals surface area contributed by atoms with Gasteiger partial charge in [0.1, 0.15) is 0 Å². The average molecular weight is 324 g/mol. The van der Waals surface area contributed by atoms with E-state index in [4.69, 9.17) is 0 Å². The van der Waals surface area contributed by atoms with Crippen molar-refractivity contribution in [3.63, 3.8) is 0 Å². The Labute approximate surface area is 141 Å². The maximum atomic E-state index is 12.0. The number of carbonyl (C=O) groups is 2. The molecular weight excluding hydrogens is 304 g/mol. The van der Waals surface area contributed by atoms with Gasteiger partial charge in [-0.1, -0.05) is 12.1 Å². The molecule has 2 rings (SSSR count). The lowest BCUT2D eigenvalue weighted by Gasteiger charge is -2.08. The third kappa shape index (κ3) is 5.57. The van der Waals surface area contributed by atoms with Crippen molar-refractivity contribution in [2.24, 2.45) is 0 Å². The lowest BCUT2D eigenvalue weighted by molar-refractivity contribution is -0.115. The highest BCUT2D eigenvalue weighted by molar-refractivity contribution is 5.93. The first kappa shape index (κ1) is 17.2. The van der Waals surface area contributed by atoms with E-state index in [9.17, 15) is 9.59 Å². The third-order valence-corrected chi connectivity index (χ3v) is 3.17. The number of anilines is 2. The minimum atomic E-state index is -0.307. The molecule has 1 heterocycles. The number of rotatable bonds is 6. The summed E-state index contributed by atoms with van der Waals surface area (Å²) in [6, 6.07) is 10.4. The number of pyridine rings is 1. The van der Waals surface area contributed by atoms with Gasteiger partial charge < -0.3 is 16.0 Å². The Balaban J connectivity index is 1.86. The van der Waals surface area contributed by atoms with Crippen LogP contribution < -0.4 is 16.0 Å². The van der Waals surface area contributed by atoms with E-state index >= 15 is 0 Å². The van der Waals surface area contributed by atoms with Crippen molar-refractivity contribution in [3.8, 4) is 0 Å². The van der Waals surface area contributed by atoms with Crippen molar-refractivity contribution >= 4 is 23.3 Å². The first-order valence-corrected chi connectivity index (χ1v) is 7.54. The van der Waals surface area contributed by atoms with Crippen LogP contribution in [0.5, 0.6) is 0 Å². The molecule has 0 saturated carbocycles. The van der Waals surface area contributed by atoms with Gasteiger partial charge in [-0.15, -0.1) is 6.58 Å². The average Bonchev–Trinajstić information content (AvgIpc) is 2.57. The summed E-state index contributed by atoms with van der Waals surface area (Å²) in [5.41, 5.74) is 3.07. The largest absolute Gasteiger partial charge is 0.334 e. The number of nitrogens with zero attached hydrogens (tertiary/aromatic N) is 1. The summed E-state index contributed by atoms with van der Waals surface area (Å²) >= 11 is 0. The summed E-state index contributed by atoms with van der Waals surface area (Å²) in [5, 5.41) is 8.11. The van der Waals surface area contributed by atoms with Crippen LogP contribution in [0.25, 0.3) is 0 Å². The van der Waals surface area contributed by atoms with Gasteiger partial charge in [-0.05, 0) is 42.8 Å². The van der Waals surface area contributed by atoms with Gasteiger partial charge in [0, 0.05) is 29.8 Å². The Morgan fingerprint density at radius 2 is 1.75 bits per heavy atom. The van der Waals surface area contributed by atoms with Crippen LogP contribution >= 0.6 is 0 Å². The molecule has 0 fully saturated rings. The number of benzene rings is 1. The second-order valence-corrected chi connectivity index (χ2v) is 5.23. The lowest BCUT2D eigenvalue weighted by Crippen LogP contribution is -2.28. The molecule has 0 aliphatic rings. The van der Waals surface area contributed by atoms with Crippen molar-refractivity contribution in [2.75, 3.05) is 17.2 Å². The molecule has 0 aliphatic heterocycles. The van der Waals surface area contributed by atoms with Crippen molar-refractivity contribution in [1.29, 1.82) is 0 Å². The second-order valence-electron chi connectivity index (χ2n) is 5.23. The summed E-state index contributed by atoms with van der Waals surface area (Å²) in [5.74, 6) is -0.120. The van der Waals surface area contributed by atoms with E-state index in [0.29, 0.717) is 17.9 Å². The first-order chi connectivity index (χ1) is 11.6. The molecule has 3 amide bonds. The SMILES string of the molecule is C=CCNC(=O)Nc1ccc(NC(=O)Cc2ccc(C)nc2)cc1. The number of amides is 3. The number of nitrogens with one attached hydrogen (secondary N) is 3. The number of hydrogen-bond donors (Lipinski definition) is 3. The van der Waals surface area contributed by atoms with Gasteiger partial charge in [0.05, 0.1) is 6.42 Å². The van der Waals surface area contributed by atoms with E-state index in [1.165, 1.54) is 0 Å². The van der Waals surface area contributed by atoms with Crippen LogP contribution in [0.2, 0.25) is 0 Å². The molecule has 6 nitrogen and oxygen atoms in total. The molecular formula is C18H20N4O2. The van der Waals surface area contributed by atoms with Crippen LogP contribution in [0, 0.1) is 6.92 Å². The van der Waals surface area contributed by atoms with E-state index in [1.807, 2.05) is 19.1 Å². The molecule has 3 N–H and O–H groups in total. The predicted octanol–water partition coefficient (Wildman–Crippen LogP) is 2.88. The minimum Gasteiger partial charge on any atom is -0.334 e. The normalized spacial score (nSPS) is 9.88. The molecule has 6 heteroatoms. The molecule has 1 aromatic carbocycles. The Morgan fingerprint density at radius 3 is 2.33 bits per heavy atom. The van der Waals surface area contributed by atoms with Crippen LogP contribution in [0.4, 0.5) is 16.2 Å². The number of aryl methyl sites for hydroxylation is 1. The van der Waals surface area contributed by atoms with E-state index in [-0.39, 0.29) is 18.4 Å². The van der Waals surface area contributed by atoms with Crippen molar-refractivity contribution in [2.45, 2.75) is 13.3 Å². The summed E-state index contributed by atoms with van der Waals surface area (Å²) < 4.78 is 0. The van der Waals surface area contributed by atoms with E-state index in [0.717, 1.165) is 11.3 Å². The Hall–Kier alpha value is -3.15. The van der Waals surface area contributed by atoms with Crippen molar-refractivity contribution in [1.82, 2.24) is 10.3 Å². The Morgan fingerprint density at radius 1 is 1.08 bits per heavy atom. The molecule has 0 atom stereocenters. The molecule has 0 bridgehead atoms. The molecule has 0 saturated heterocycles. The van der Waals surface area contributed by atoms with Crippen LogP contribution in [0.3, 0.4) is 0 Å². The topological polar surface area (TPSA) is 83.1 Å². The highest BCUT2D eigenvalue weighted by atomic mass is 16.2. The number of carbonyl (C=O) groups excluding carboxylic acids is 2. The number of hydrogen-bond acceptors (Lipinski definition) is 3. The zero-order valence-electron chi connectivity index (χ0n) is 13.5. The van der Waals surface area contributed by atoms with E-state index < -0.39 is 0 Å². The zero-order chi connectivity index (χ0) is 17.4. The van der Waals surface area contributed by atoms with Crippen LogP contribution in [-0.2, 0) is 11.2 Å². The Kier molecular flexibility index (Phi) is 6.08. The van der Waals surface area contributed by atoms with Gasteiger partial charge in [-0.3, -0.25) is 9.78 Å². The molecule has 24 heavy (non-hydrogen) atoms. The summed E-state index contributed by atoms with van der Waals surface area (Å²) in [4.78, 5) is 27.7. The quantitative estimate of drug-likeness (QED) is 0.715. The Bertz CT molecular complexity index is 709. The van der Waals surface area contributed by atoms with Gasteiger partial charge in [-0.25, -0.2) is 4.79 Å². The first-order valence-electron chi connectivity index (χ1n) is 7.54. The fraction of sp³-hybridized carbons (Fsp3) is 0.167. The van der Waals surface area contributed by atoms with E-state index in [1.54, 1.807) is 36.5 Å². The molecule has 1 aromatic heterocycles. The number of aromatic nitrogens is 1. The molecule has 124 valence electrons. The lowest BCUT2D eigenvalue weighted by atomic mass is 10.2. The smallest absolute Gasteiger partial charge is 0.319 e. The summed E-state index contributed by atoms with van der Waals surface area (Å²) in [6.45, 7) is 5.82. The van der Waals surface area contributed by atoms with Gasteiger partial charge in [0.25, 0.3) is 0 Å². The van der Waals surface area contributed by atoms with Gasteiger partial charge in [0.2, 0.25) is 5.91 Å². The van der Waals surface area contributed by atoms with Gasteiger partial charge in [-0.2, -0.15) is 0 Å². The monoisotopic (exact) mass is 324 g/mol. The van der Waals surface area contributed by atoms with Gasteiger partial charge >= 0.3 is 6.03 Å². The highest BCUT2D eigenvalue weighted by Gasteiger charge is 2.05. The summed E-state index contributed by atoms with van der Waals surface area (Å²) in [6.07, 6.45) is 3.56. The maximum absolute atomic E-state index is 12.0. The molecule has 0 radical (unpaired) electrons. The zero-order valence-corrected chi connectivity index (χ0v) is 13.5. The van der Waals surface area contributed by atoms with Gasteiger partial charge in [0.15, 0.2) is 0 Å². The summed E-state index contributed by atoms with van der Waals surface area (Å²) in [7, 11) is 0.